The minimum atomic E-state index is -0.143. The lowest BCUT2D eigenvalue weighted by Crippen LogP contribution is -2.40. The largest absolute Gasteiger partial charge is 0.491 e. The van der Waals surface area contributed by atoms with E-state index >= 15 is 0 Å². The molecule has 0 unspecified atom stereocenters. The Morgan fingerprint density at radius 2 is 1.81 bits per heavy atom. The fourth-order valence-corrected chi connectivity index (χ4v) is 3.57. The molecule has 0 aliphatic carbocycles. The van der Waals surface area contributed by atoms with Crippen molar-refractivity contribution < 1.29 is 14.3 Å². The van der Waals surface area contributed by atoms with E-state index in [0.29, 0.717) is 24.3 Å². The number of ether oxygens (including phenoxy) is 1. The van der Waals surface area contributed by atoms with Crippen LogP contribution in [0.3, 0.4) is 0 Å². The van der Waals surface area contributed by atoms with Gasteiger partial charge in [0, 0.05) is 36.6 Å². The van der Waals surface area contributed by atoms with Crippen LogP contribution in [0.25, 0.3) is 0 Å². The van der Waals surface area contributed by atoms with E-state index in [1.165, 1.54) is 18.7 Å². The Bertz CT molecular complexity index is 850. The number of carbonyl (C=O) groups excluding carboxylic acids is 2. The van der Waals surface area contributed by atoms with E-state index in [9.17, 15) is 9.59 Å². The third kappa shape index (κ3) is 3.49. The highest BCUT2D eigenvalue weighted by atomic mass is 16.5. The van der Waals surface area contributed by atoms with Crippen molar-refractivity contribution in [2.24, 2.45) is 0 Å². The van der Waals surface area contributed by atoms with Crippen molar-refractivity contribution in [3.05, 3.63) is 53.6 Å². The Balaban J connectivity index is 1.61. The highest BCUT2D eigenvalue weighted by Crippen LogP contribution is 2.28. The summed E-state index contributed by atoms with van der Waals surface area (Å²) in [6.07, 6.45) is 6.54. The molecule has 3 heterocycles. The topological polar surface area (TPSA) is 75.6 Å². The molecule has 0 radical (unpaired) electrons. The smallest absolute Gasteiger partial charge is 0.257 e. The molecule has 7 heteroatoms. The number of hydrogen-bond donors (Lipinski definition) is 0. The summed E-state index contributed by atoms with van der Waals surface area (Å²) in [5.74, 6) is 0.622. The molecule has 27 heavy (non-hydrogen) atoms. The first-order chi connectivity index (χ1) is 13.1. The number of nitrogens with zero attached hydrogens (tertiary/aromatic N) is 4. The van der Waals surface area contributed by atoms with Crippen molar-refractivity contribution in [1.82, 2.24) is 19.8 Å². The maximum Gasteiger partial charge on any atom is 0.257 e. The zero-order valence-electron chi connectivity index (χ0n) is 15.3. The average Bonchev–Trinajstić information content (AvgIpc) is 3.19. The van der Waals surface area contributed by atoms with Crippen LogP contribution in [0.2, 0.25) is 0 Å². The maximum absolute atomic E-state index is 12.9. The average molecular weight is 366 g/mol. The van der Waals surface area contributed by atoms with Gasteiger partial charge in [-0.05, 0) is 38.0 Å². The van der Waals surface area contributed by atoms with E-state index in [4.69, 9.17) is 4.74 Å². The second-order valence-electron chi connectivity index (χ2n) is 7.04. The molecule has 4 rings (SSSR count). The predicted octanol–water partition coefficient (Wildman–Crippen LogP) is 2.14. The summed E-state index contributed by atoms with van der Waals surface area (Å²) in [6, 6.07) is 5.40. The highest BCUT2D eigenvalue weighted by Gasteiger charge is 2.28. The molecule has 1 aromatic heterocycles. The molecule has 1 saturated heterocycles. The van der Waals surface area contributed by atoms with Gasteiger partial charge >= 0.3 is 0 Å². The molecule has 2 aliphatic heterocycles. The summed E-state index contributed by atoms with van der Waals surface area (Å²) < 4.78 is 5.89. The number of carbonyl (C=O) groups is 2. The molecule has 0 spiro atoms. The molecule has 0 bridgehead atoms. The van der Waals surface area contributed by atoms with Crippen molar-refractivity contribution in [2.45, 2.75) is 32.4 Å². The third-order valence-electron chi connectivity index (χ3n) is 5.12. The molecule has 2 aliphatic rings. The van der Waals surface area contributed by atoms with Crippen LogP contribution in [0.1, 0.15) is 46.0 Å². The van der Waals surface area contributed by atoms with Crippen LogP contribution in [0.15, 0.2) is 36.9 Å². The van der Waals surface area contributed by atoms with Crippen molar-refractivity contribution in [2.75, 3.05) is 19.7 Å². The van der Waals surface area contributed by atoms with Gasteiger partial charge in [0.2, 0.25) is 0 Å². The number of aromatic nitrogens is 2. The van der Waals surface area contributed by atoms with Crippen LogP contribution in [-0.4, -0.2) is 57.3 Å². The Kier molecular flexibility index (Phi) is 4.75. The first kappa shape index (κ1) is 17.5. The van der Waals surface area contributed by atoms with Crippen LogP contribution in [0.4, 0.5) is 0 Å². The van der Waals surface area contributed by atoms with Crippen LogP contribution < -0.4 is 4.74 Å². The van der Waals surface area contributed by atoms with Gasteiger partial charge in [0.05, 0.1) is 18.2 Å². The van der Waals surface area contributed by atoms with Crippen LogP contribution in [0.5, 0.6) is 5.75 Å². The second-order valence-corrected chi connectivity index (χ2v) is 7.04. The molecular weight excluding hydrogens is 344 g/mol. The van der Waals surface area contributed by atoms with Gasteiger partial charge in [0.15, 0.2) is 0 Å². The molecule has 1 aromatic carbocycles. The number of likely N-dealkylation sites (tertiary alicyclic amines) is 1. The molecule has 1 fully saturated rings. The third-order valence-corrected chi connectivity index (χ3v) is 5.12. The minimum absolute atomic E-state index is 0.0435. The lowest BCUT2D eigenvalue weighted by Gasteiger charge is -2.26. The molecule has 1 atom stereocenters. The first-order valence-electron chi connectivity index (χ1n) is 9.24. The Labute approximate surface area is 158 Å². The van der Waals surface area contributed by atoms with Crippen LogP contribution in [0, 0.1) is 0 Å². The van der Waals surface area contributed by atoms with E-state index in [2.05, 4.69) is 9.97 Å². The van der Waals surface area contributed by atoms with E-state index in [-0.39, 0.29) is 17.9 Å². The van der Waals surface area contributed by atoms with Crippen molar-refractivity contribution in [3.63, 3.8) is 0 Å². The van der Waals surface area contributed by atoms with Crippen molar-refractivity contribution in [1.29, 1.82) is 0 Å². The van der Waals surface area contributed by atoms with E-state index in [0.717, 1.165) is 37.2 Å². The Hall–Kier alpha value is -2.96. The fraction of sp³-hybridized carbons (Fsp3) is 0.400. The SMILES string of the molecule is C[C@H]1COc2ccc(C(=O)N3CCCC3)cc2CN1C(=O)c1cncnc1. The van der Waals surface area contributed by atoms with E-state index < -0.39 is 0 Å². The lowest BCUT2D eigenvalue weighted by molar-refractivity contribution is 0.0644. The second kappa shape index (κ2) is 7.34. The molecule has 2 aromatic rings. The maximum atomic E-state index is 12.9. The first-order valence-corrected chi connectivity index (χ1v) is 9.24. The lowest BCUT2D eigenvalue weighted by atomic mass is 10.1. The zero-order chi connectivity index (χ0) is 18.8. The van der Waals surface area contributed by atoms with Crippen LogP contribution in [-0.2, 0) is 6.54 Å². The van der Waals surface area contributed by atoms with Gasteiger partial charge in [0.1, 0.15) is 18.7 Å². The van der Waals surface area contributed by atoms with E-state index in [1.807, 2.05) is 30.0 Å². The Morgan fingerprint density at radius 3 is 2.56 bits per heavy atom. The molecule has 2 amide bonds. The van der Waals surface area contributed by atoms with Crippen molar-refractivity contribution >= 4 is 11.8 Å². The molecule has 7 nitrogen and oxygen atoms in total. The fourth-order valence-electron chi connectivity index (χ4n) is 3.57. The summed E-state index contributed by atoms with van der Waals surface area (Å²) >= 11 is 0. The molecule has 140 valence electrons. The highest BCUT2D eigenvalue weighted by molar-refractivity contribution is 5.95. The number of fused-ring (bicyclic) bond motifs is 1. The van der Waals surface area contributed by atoms with Crippen molar-refractivity contribution in [3.8, 4) is 5.75 Å². The van der Waals surface area contributed by atoms with Gasteiger partial charge in [-0.25, -0.2) is 9.97 Å². The summed E-state index contributed by atoms with van der Waals surface area (Å²) in [6.45, 7) is 4.34. The Morgan fingerprint density at radius 1 is 1.07 bits per heavy atom. The quantitative estimate of drug-likeness (QED) is 0.814. The van der Waals surface area contributed by atoms with Crippen LogP contribution >= 0.6 is 0 Å². The summed E-state index contributed by atoms with van der Waals surface area (Å²) in [4.78, 5) is 37.1. The van der Waals surface area contributed by atoms with Gasteiger partial charge in [-0.15, -0.1) is 0 Å². The van der Waals surface area contributed by atoms with Gasteiger partial charge in [-0.3, -0.25) is 9.59 Å². The number of hydrogen-bond acceptors (Lipinski definition) is 5. The summed E-state index contributed by atoms with van der Waals surface area (Å²) in [5.41, 5.74) is 1.93. The molecule has 0 N–H and O–H groups in total. The minimum Gasteiger partial charge on any atom is -0.491 e. The molecule has 0 saturated carbocycles. The van der Waals surface area contributed by atoms with Gasteiger partial charge in [-0.1, -0.05) is 0 Å². The predicted molar refractivity (Wildman–Crippen MR) is 98.4 cm³/mol. The number of rotatable bonds is 2. The van der Waals surface area contributed by atoms with Gasteiger partial charge < -0.3 is 14.5 Å². The number of amides is 2. The van der Waals surface area contributed by atoms with Gasteiger partial charge in [0.25, 0.3) is 11.8 Å². The zero-order valence-corrected chi connectivity index (χ0v) is 15.3. The molecular formula is C20H22N4O3. The normalized spacial score (nSPS) is 19.2. The standard InChI is InChI=1S/C20H22N4O3/c1-14-12-27-18-5-4-15(19(25)23-6-2-3-7-23)8-16(18)11-24(14)20(26)17-9-21-13-22-10-17/h4-5,8-10,13-14H,2-3,6-7,11-12H2,1H3/t14-/m0/s1. The van der Waals surface area contributed by atoms with Gasteiger partial charge in [-0.2, -0.15) is 0 Å². The number of benzene rings is 1. The van der Waals surface area contributed by atoms with E-state index in [1.54, 1.807) is 4.90 Å². The summed E-state index contributed by atoms with van der Waals surface area (Å²) in [7, 11) is 0. The summed E-state index contributed by atoms with van der Waals surface area (Å²) in [5, 5.41) is 0. The monoisotopic (exact) mass is 366 g/mol.